The Kier molecular flexibility index (Phi) is 2.88. The Bertz CT molecular complexity index is 222. The van der Waals surface area contributed by atoms with Crippen LogP contribution in [0.4, 0.5) is 0 Å². The van der Waals surface area contributed by atoms with Gasteiger partial charge in [-0.25, -0.2) is 0 Å². The van der Waals surface area contributed by atoms with Crippen LogP contribution in [0, 0.1) is 0 Å². The number of carbonyl (C=O) groups excluding carboxylic acids is 1. The number of likely N-dealkylation sites (tertiary alicyclic amines) is 1. The second-order valence-electron chi connectivity index (χ2n) is 5.23. The number of β-amino-alcohol motifs (C(OH)–C–C–N with tert-alkyl or cyclic N) is 1. The SMILES string of the molecule is CC1(O)CN(CC(=O)OC(C)(C)C)C1. The highest BCUT2D eigenvalue weighted by atomic mass is 16.6. The number of carbonyl (C=O) groups is 1. The van der Waals surface area contributed by atoms with Crippen molar-refractivity contribution in [2.24, 2.45) is 0 Å². The zero-order chi connectivity index (χ0) is 11.0. The first-order valence-corrected chi connectivity index (χ1v) is 4.85. The first kappa shape index (κ1) is 11.5. The van der Waals surface area contributed by atoms with Gasteiger partial charge in [-0.05, 0) is 27.7 Å². The van der Waals surface area contributed by atoms with Gasteiger partial charge in [-0.1, -0.05) is 0 Å². The number of aliphatic hydroxyl groups is 1. The van der Waals surface area contributed by atoms with Crippen LogP contribution in [0.5, 0.6) is 0 Å². The molecule has 1 fully saturated rings. The largest absolute Gasteiger partial charge is 0.459 e. The highest BCUT2D eigenvalue weighted by molar-refractivity contribution is 5.72. The van der Waals surface area contributed by atoms with Gasteiger partial charge in [-0.15, -0.1) is 0 Å². The van der Waals surface area contributed by atoms with Crippen LogP contribution in [-0.4, -0.2) is 46.8 Å². The fourth-order valence-corrected chi connectivity index (χ4v) is 1.59. The van der Waals surface area contributed by atoms with Gasteiger partial charge in [0.1, 0.15) is 5.60 Å². The molecule has 4 nitrogen and oxygen atoms in total. The van der Waals surface area contributed by atoms with Crippen molar-refractivity contribution in [2.45, 2.75) is 38.9 Å². The maximum absolute atomic E-state index is 11.3. The molecule has 4 heteroatoms. The third-order valence-electron chi connectivity index (χ3n) is 1.90. The van der Waals surface area contributed by atoms with E-state index in [1.54, 1.807) is 6.92 Å². The summed E-state index contributed by atoms with van der Waals surface area (Å²) >= 11 is 0. The number of nitrogens with zero attached hydrogens (tertiary/aromatic N) is 1. The minimum absolute atomic E-state index is 0.229. The average Bonchev–Trinajstić information content (AvgIpc) is 1.76. The molecule has 0 unspecified atom stereocenters. The fourth-order valence-electron chi connectivity index (χ4n) is 1.59. The molecule has 0 bridgehead atoms. The van der Waals surface area contributed by atoms with Crippen molar-refractivity contribution in [2.75, 3.05) is 19.6 Å². The lowest BCUT2D eigenvalue weighted by Gasteiger charge is -2.43. The summed E-state index contributed by atoms with van der Waals surface area (Å²) in [6.45, 7) is 8.66. The molecule has 1 heterocycles. The van der Waals surface area contributed by atoms with Gasteiger partial charge in [0.15, 0.2) is 0 Å². The van der Waals surface area contributed by atoms with Crippen LogP contribution >= 0.6 is 0 Å². The molecule has 0 amide bonds. The molecule has 0 radical (unpaired) electrons. The molecule has 0 saturated carbocycles. The van der Waals surface area contributed by atoms with Crippen LogP contribution < -0.4 is 0 Å². The van der Waals surface area contributed by atoms with Crippen LogP contribution in [0.3, 0.4) is 0 Å². The predicted octanol–water partition coefficient (Wildman–Crippen LogP) is 0.395. The van der Waals surface area contributed by atoms with Crippen molar-refractivity contribution in [3.05, 3.63) is 0 Å². The summed E-state index contributed by atoms with van der Waals surface area (Å²) in [6.07, 6.45) is 0. The van der Waals surface area contributed by atoms with Gasteiger partial charge in [0.05, 0.1) is 12.1 Å². The topological polar surface area (TPSA) is 49.8 Å². The summed E-state index contributed by atoms with van der Waals surface area (Å²) in [7, 11) is 0. The number of esters is 1. The van der Waals surface area contributed by atoms with Gasteiger partial charge in [0, 0.05) is 13.1 Å². The summed E-state index contributed by atoms with van der Waals surface area (Å²) in [6, 6.07) is 0. The van der Waals surface area contributed by atoms with Gasteiger partial charge in [0.25, 0.3) is 0 Å². The van der Waals surface area contributed by atoms with E-state index in [4.69, 9.17) is 4.74 Å². The molecule has 0 spiro atoms. The lowest BCUT2D eigenvalue weighted by atomic mass is 9.97. The van der Waals surface area contributed by atoms with Gasteiger partial charge in [0.2, 0.25) is 0 Å². The van der Waals surface area contributed by atoms with Gasteiger partial charge >= 0.3 is 5.97 Å². The van der Waals surface area contributed by atoms with Crippen molar-refractivity contribution < 1.29 is 14.6 Å². The Hall–Kier alpha value is -0.610. The first-order chi connectivity index (χ1) is 6.18. The van der Waals surface area contributed by atoms with E-state index < -0.39 is 11.2 Å². The van der Waals surface area contributed by atoms with Gasteiger partial charge in [-0.2, -0.15) is 0 Å². The van der Waals surface area contributed by atoms with E-state index in [1.807, 2.05) is 25.7 Å². The Morgan fingerprint density at radius 3 is 2.36 bits per heavy atom. The number of hydrogen-bond acceptors (Lipinski definition) is 4. The molecule has 14 heavy (non-hydrogen) atoms. The monoisotopic (exact) mass is 201 g/mol. The van der Waals surface area contributed by atoms with E-state index in [2.05, 4.69) is 0 Å². The zero-order valence-corrected chi connectivity index (χ0v) is 9.33. The van der Waals surface area contributed by atoms with Crippen LogP contribution in [0.25, 0.3) is 0 Å². The molecule has 1 aliphatic rings. The van der Waals surface area contributed by atoms with Crippen LogP contribution in [0.15, 0.2) is 0 Å². The molecule has 0 aromatic heterocycles. The summed E-state index contributed by atoms with van der Waals surface area (Å²) in [5.41, 5.74) is -1.05. The fraction of sp³-hybridized carbons (Fsp3) is 0.900. The minimum Gasteiger partial charge on any atom is -0.459 e. The number of hydrogen-bond donors (Lipinski definition) is 1. The smallest absolute Gasteiger partial charge is 0.320 e. The van der Waals surface area contributed by atoms with Crippen LogP contribution in [-0.2, 0) is 9.53 Å². The number of ether oxygens (including phenoxy) is 1. The third-order valence-corrected chi connectivity index (χ3v) is 1.90. The molecule has 1 saturated heterocycles. The minimum atomic E-state index is -0.623. The Morgan fingerprint density at radius 1 is 1.50 bits per heavy atom. The standard InChI is InChI=1S/C10H19NO3/c1-9(2,3)14-8(12)5-11-6-10(4,13)7-11/h13H,5-7H2,1-4H3. The van der Waals surface area contributed by atoms with Gasteiger partial charge < -0.3 is 9.84 Å². The highest BCUT2D eigenvalue weighted by Crippen LogP contribution is 2.19. The molecule has 0 aromatic rings. The van der Waals surface area contributed by atoms with Crippen molar-refractivity contribution >= 4 is 5.97 Å². The van der Waals surface area contributed by atoms with E-state index >= 15 is 0 Å². The van der Waals surface area contributed by atoms with Crippen molar-refractivity contribution in [1.29, 1.82) is 0 Å². The normalized spacial score (nSPS) is 21.5. The summed E-state index contributed by atoms with van der Waals surface area (Å²) in [4.78, 5) is 13.2. The van der Waals surface area contributed by atoms with E-state index in [9.17, 15) is 9.90 Å². The van der Waals surface area contributed by atoms with E-state index in [0.29, 0.717) is 13.1 Å². The summed E-state index contributed by atoms with van der Waals surface area (Å²) in [5.74, 6) is -0.229. The van der Waals surface area contributed by atoms with Crippen molar-refractivity contribution in [1.82, 2.24) is 4.90 Å². The Balaban J connectivity index is 2.24. The van der Waals surface area contributed by atoms with Crippen LogP contribution in [0.1, 0.15) is 27.7 Å². The third kappa shape index (κ3) is 3.64. The van der Waals surface area contributed by atoms with E-state index in [0.717, 1.165) is 0 Å². The molecular formula is C10H19NO3. The second-order valence-corrected chi connectivity index (χ2v) is 5.23. The van der Waals surface area contributed by atoms with E-state index in [1.165, 1.54) is 0 Å². The maximum Gasteiger partial charge on any atom is 0.320 e. The summed E-state index contributed by atoms with van der Waals surface area (Å²) in [5, 5.41) is 9.44. The molecule has 0 atom stereocenters. The van der Waals surface area contributed by atoms with Crippen molar-refractivity contribution in [3.63, 3.8) is 0 Å². The molecular weight excluding hydrogens is 182 g/mol. The highest BCUT2D eigenvalue weighted by Gasteiger charge is 2.37. The average molecular weight is 201 g/mol. The molecule has 0 aliphatic carbocycles. The first-order valence-electron chi connectivity index (χ1n) is 4.85. The predicted molar refractivity (Wildman–Crippen MR) is 52.9 cm³/mol. The molecule has 1 aliphatic heterocycles. The number of rotatable bonds is 2. The molecule has 0 aromatic carbocycles. The van der Waals surface area contributed by atoms with Crippen molar-refractivity contribution in [3.8, 4) is 0 Å². The summed E-state index contributed by atoms with van der Waals surface area (Å²) < 4.78 is 5.15. The van der Waals surface area contributed by atoms with E-state index in [-0.39, 0.29) is 12.5 Å². The zero-order valence-electron chi connectivity index (χ0n) is 9.33. The second kappa shape index (κ2) is 3.51. The molecule has 82 valence electrons. The quantitative estimate of drug-likeness (QED) is 0.657. The van der Waals surface area contributed by atoms with Gasteiger partial charge in [-0.3, -0.25) is 9.69 Å². The van der Waals surface area contributed by atoms with Crippen LogP contribution in [0.2, 0.25) is 0 Å². The lowest BCUT2D eigenvalue weighted by molar-refractivity contribution is -0.162. The lowest BCUT2D eigenvalue weighted by Crippen LogP contribution is -2.61. The maximum atomic E-state index is 11.3. The molecule has 1 rings (SSSR count). The Morgan fingerprint density at radius 2 is 2.00 bits per heavy atom. The Labute approximate surface area is 84.8 Å². The molecule has 1 N–H and O–H groups in total.